The molecule has 0 aliphatic heterocycles. The van der Waals surface area contributed by atoms with E-state index in [0.717, 1.165) is 133 Å². The predicted molar refractivity (Wildman–Crippen MR) is 271 cm³/mol. The van der Waals surface area contributed by atoms with E-state index >= 15 is 0 Å². The maximum absolute atomic E-state index is 5.41. The van der Waals surface area contributed by atoms with E-state index in [9.17, 15) is 0 Å². The highest BCUT2D eigenvalue weighted by Gasteiger charge is 2.16. The van der Waals surface area contributed by atoms with Gasteiger partial charge in [0.1, 0.15) is 0 Å². The lowest BCUT2D eigenvalue weighted by atomic mass is 9.95. The lowest BCUT2D eigenvalue weighted by Gasteiger charge is -2.13. The molecule has 0 radical (unpaired) electrons. The van der Waals surface area contributed by atoms with Crippen molar-refractivity contribution < 1.29 is 0 Å². The van der Waals surface area contributed by atoms with Crippen LogP contribution in [0, 0.1) is 0 Å². The van der Waals surface area contributed by atoms with Gasteiger partial charge in [-0.15, -0.1) is 0 Å². The van der Waals surface area contributed by atoms with Gasteiger partial charge in [-0.25, -0.2) is 24.9 Å². The Kier molecular flexibility index (Phi) is 8.74. The Morgan fingerprint density at radius 2 is 0.485 bits per heavy atom. The van der Waals surface area contributed by atoms with Crippen LogP contribution in [0.2, 0.25) is 0 Å². The Hall–Kier alpha value is -9.00. The number of hydrogen-bond acceptors (Lipinski definition) is 6. The van der Waals surface area contributed by atoms with Crippen LogP contribution in [0.15, 0.2) is 219 Å². The van der Waals surface area contributed by atoms with Crippen molar-refractivity contribution in [2.75, 3.05) is 0 Å². The molecule has 7 aromatic carbocycles. The molecule has 6 heteroatoms. The van der Waals surface area contributed by atoms with E-state index in [1.165, 1.54) is 0 Å². The summed E-state index contributed by atoms with van der Waals surface area (Å²) in [6.45, 7) is 0. The molecule has 0 atom stereocenters. The van der Waals surface area contributed by atoms with Crippen molar-refractivity contribution >= 4 is 65.4 Å². The Balaban J connectivity index is 0.997. The normalized spacial score (nSPS) is 11.6. The molecule has 0 saturated heterocycles. The van der Waals surface area contributed by atoms with Crippen LogP contribution in [0.4, 0.5) is 0 Å². The Morgan fingerprint density at radius 3 is 0.848 bits per heavy atom. The first-order valence-corrected chi connectivity index (χ1v) is 22.1. The molecule has 0 saturated carbocycles. The van der Waals surface area contributed by atoms with E-state index in [1.54, 1.807) is 0 Å². The van der Waals surface area contributed by atoms with E-state index in [0.29, 0.717) is 0 Å². The molecule has 0 amide bonds. The molecule has 0 spiro atoms. The van der Waals surface area contributed by atoms with E-state index in [2.05, 4.69) is 158 Å². The SMILES string of the molecule is c1ccc(-c2ccc3ccc4cc(-c5cc(-c6ccc7ccc8ccc(-c9ccccc9)nc8c7n6)cc(-c6ccc7ccc8ccc(-c9ccccc9)nc8c7n6)c5)cnc4c3n2)cc1. The van der Waals surface area contributed by atoms with Crippen LogP contribution in [-0.4, -0.2) is 29.9 Å². The molecular formula is C60H36N6. The number of fused-ring (bicyclic) bond motifs is 9. The molecule has 0 N–H and O–H groups in total. The molecule has 0 bridgehead atoms. The van der Waals surface area contributed by atoms with Gasteiger partial charge in [0.05, 0.1) is 61.6 Å². The van der Waals surface area contributed by atoms with Crippen molar-refractivity contribution in [3.63, 3.8) is 0 Å². The molecule has 66 heavy (non-hydrogen) atoms. The highest BCUT2D eigenvalue weighted by Crippen LogP contribution is 2.37. The molecule has 0 aliphatic rings. The third-order valence-corrected chi connectivity index (χ3v) is 12.6. The van der Waals surface area contributed by atoms with Crippen molar-refractivity contribution in [1.29, 1.82) is 0 Å². The molecular weight excluding hydrogens is 805 g/mol. The molecule has 13 aromatic rings. The van der Waals surface area contributed by atoms with Gasteiger partial charge in [0.25, 0.3) is 0 Å². The Morgan fingerprint density at radius 1 is 0.197 bits per heavy atom. The van der Waals surface area contributed by atoms with Crippen molar-refractivity contribution in [2.45, 2.75) is 0 Å². The van der Waals surface area contributed by atoms with E-state index < -0.39 is 0 Å². The van der Waals surface area contributed by atoms with Gasteiger partial charge >= 0.3 is 0 Å². The largest absolute Gasteiger partial charge is 0.253 e. The summed E-state index contributed by atoms with van der Waals surface area (Å²) in [6, 6.07) is 73.7. The van der Waals surface area contributed by atoms with Crippen LogP contribution in [0.25, 0.3) is 133 Å². The summed E-state index contributed by atoms with van der Waals surface area (Å²) in [5.41, 5.74) is 16.7. The van der Waals surface area contributed by atoms with Crippen LogP contribution >= 0.6 is 0 Å². The maximum Gasteiger partial charge on any atom is 0.0972 e. The number of pyridine rings is 6. The zero-order valence-electron chi connectivity index (χ0n) is 35.5. The summed E-state index contributed by atoms with van der Waals surface area (Å²) >= 11 is 0. The van der Waals surface area contributed by atoms with Gasteiger partial charge in [-0.2, -0.15) is 0 Å². The van der Waals surface area contributed by atoms with Crippen LogP contribution in [0.5, 0.6) is 0 Å². The van der Waals surface area contributed by atoms with Crippen molar-refractivity contribution in [3.8, 4) is 67.4 Å². The number of benzene rings is 7. The van der Waals surface area contributed by atoms with Gasteiger partial charge in [0, 0.05) is 71.9 Å². The average Bonchev–Trinajstić information content (AvgIpc) is 3.40. The fourth-order valence-electron chi connectivity index (χ4n) is 9.19. The van der Waals surface area contributed by atoms with Crippen LogP contribution in [0.1, 0.15) is 0 Å². The zero-order chi connectivity index (χ0) is 43.6. The minimum Gasteiger partial charge on any atom is -0.253 e. The molecule has 0 unspecified atom stereocenters. The van der Waals surface area contributed by atoms with Crippen molar-refractivity contribution in [2.24, 2.45) is 0 Å². The van der Waals surface area contributed by atoms with Gasteiger partial charge in [-0.05, 0) is 60.2 Å². The topological polar surface area (TPSA) is 77.3 Å². The first kappa shape index (κ1) is 37.5. The zero-order valence-corrected chi connectivity index (χ0v) is 35.5. The van der Waals surface area contributed by atoms with Crippen LogP contribution < -0.4 is 0 Å². The van der Waals surface area contributed by atoms with Crippen molar-refractivity contribution in [3.05, 3.63) is 219 Å². The summed E-state index contributed by atoms with van der Waals surface area (Å²) in [5.74, 6) is 0. The minimum atomic E-state index is 0.836. The predicted octanol–water partition coefficient (Wildman–Crippen LogP) is 15.0. The molecule has 0 aliphatic carbocycles. The average molecular weight is 841 g/mol. The fraction of sp³-hybridized carbons (Fsp3) is 0. The molecule has 13 rings (SSSR count). The standard InChI is InChI=1S/C60H36N6/c1-4-10-37(11-5-1)50-27-22-40-20-21-45-32-49(36-61-55(45)56(40)62-50)46-33-47(53-30-25-43-18-16-41-23-28-51(38-12-6-2-7-13-38)63-57(41)59(43)65-53)35-48(34-46)54-31-26-44-19-17-42-24-29-52(39-14-8-3-9-15-39)64-58(42)60(44)66-54/h1-36H. The number of aromatic nitrogens is 6. The number of hydrogen-bond donors (Lipinski definition) is 0. The molecule has 6 heterocycles. The van der Waals surface area contributed by atoms with Gasteiger partial charge in [-0.3, -0.25) is 4.98 Å². The highest BCUT2D eigenvalue weighted by molar-refractivity contribution is 6.07. The number of rotatable bonds is 6. The smallest absolute Gasteiger partial charge is 0.0972 e. The second-order valence-corrected chi connectivity index (χ2v) is 16.7. The van der Waals surface area contributed by atoms with Gasteiger partial charge < -0.3 is 0 Å². The van der Waals surface area contributed by atoms with Crippen LogP contribution in [-0.2, 0) is 0 Å². The fourth-order valence-corrected chi connectivity index (χ4v) is 9.19. The van der Waals surface area contributed by atoms with E-state index in [-0.39, 0.29) is 0 Å². The quantitative estimate of drug-likeness (QED) is 0.155. The highest BCUT2D eigenvalue weighted by atomic mass is 14.8. The summed E-state index contributed by atoms with van der Waals surface area (Å²) in [4.78, 5) is 31.5. The van der Waals surface area contributed by atoms with Gasteiger partial charge in [0.15, 0.2) is 0 Å². The van der Waals surface area contributed by atoms with E-state index in [1.807, 2.05) is 60.8 Å². The third-order valence-electron chi connectivity index (χ3n) is 12.6. The van der Waals surface area contributed by atoms with Gasteiger partial charge in [-0.1, -0.05) is 158 Å². The minimum absolute atomic E-state index is 0.836. The number of nitrogens with zero attached hydrogens (tertiary/aromatic N) is 6. The molecule has 0 fully saturated rings. The first-order valence-electron chi connectivity index (χ1n) is 22.1. The Bertz CT molecular complexity index is 3860. The summed E-state index contributed by atoms with van der Waals surface area (Å²) in [6.07, 6.45) is 1.97. The first-order chi connectivity index (χ1) is 32.6. The molecule has 306 valence electrons. The second kappa shape index (κ2) is 15.4. The second-order valence-electron chi connectivity index (χ2n) is 16.7. The molecule has 6 aromatic heterocycles. The summed E-state index contributed by atoms with van der Waals surface area (Å²) in [5, 5.41) is 6.20. The molecule has 6 nitrogen and oxygen atoms in total. The Labute approximate surface area is 379 Å². The lowest BCUT2D eigenvalue weighted by molar-refractivity contribution is 1.35. The summed E-state index contributed by atoms with van der Waals surface area (Å²) < 4.78 is 0. The monoisotopic (exact) mass is 840 g/mol. The summed E-state index contributed by atoms with van der Waals surface area (Å²) in [7, 11) is 0. The van der Waals surface area contributed by atoms with Crippen molar-refractivity contribution in [1.82, 2.24) is 29.9 Å². The van der Waals surface area contributed by atoms with E-state index in [4.69, 9.17) is 29.9 Å². The van der Waals surface area contributed by atoms with Crippen LogP contribution in [0.3, 0.4) is 0 Å². The maximum atomic E-state index is 5.41. The third kappa shape index (κ3) is 6.59. The van der Waals surface area contributed by atoms with Gasteiger partial charge in [0.2, 0.25) is 0 Å². The lowest BCUT2D eigenvalue weighted by Crippen LogP contribution is -1.94.